The van der Waals surface area contributed by atoms with E-state index in [2.05, 4.69) is 51.3 Å². The van der Waals surface area contributed by atoms with Crippen LogP contribution in [0.25, 0.3) is 27.9 Å². The highest BCUT2D eigenvalue weighted by Gasteiger charge is 2.09. The monoisotopic (exact) mass is 276 g/mol. The highest BCUT2D eigenvalue weighted by Crippen LogP contribution is 2.25. The van der Waals surface area contributed by atoms with Crippen LogP contribution in [-0.2, 0) is 7.05 Å². The Labute approximate surface area is 122 Å². The molecular formula is C17H16N4. The Bertz CT molecular complexity index is 975. The van der Waals surface area contributed by atoms with Crippen LogP contribution in [0.1, 0.15) is 11.4 Å². The van der Waals surface area contributed by atoms with E-state index in [1.54, 1.807) is 0 Å². The largest absolute Gasteiger partial charge is 0.331 e. The quantitative estimate of drug-likeness (QED) is 0.533. The molecule has 0 radical (unpaired) electrons. The molecule has 0 atom stereocenters. The molecule has 0 fully saturated rings. The van der Waals surface area contributed by atoms with Crippen LogP contribution in [0, 0.1) is 13.8 Å². The van der Waals surface area contributed by atoms with Gasteiger partial charge in [-0.3, -0.25) is 0 Å². The SMILES string of the molecule is Cc1cccn2cc(-c3ccc4c(c3)nc(C)n4C)nc12. The minimum Gasteiger partial charge on any atom is -0.331 e. The van der Waals surface area contributed by atoms with E-state index in [9.17, 15) is 0 Å². The summed E-state index contributed by atoms with van der Waals surface area (Å²) >= 11 is 0. The minimum absolute atomic E-state index is 0.981. The Morgan fingerprint density at radius 2 is 1.90 bits per heavy atom. The van der Waals surface area contributed by atoms with Crippen LogP contribution in [0.4, 0.5) is 0 Å². The molecule has 0 N–H and O–H groups in total. The maximum atomic E-state index is 4.75. The molecule has 104 valence electrons. The van der Waals surface area contributed by atoms with Crippen molar-refractivity contribution in [2.45, 2.75) is 13.8 Å². The first-order valence-corrected chi connectivity index (χ1v) is 7.01. The van der Waals surface area contributed by atoms with Crippen LogP contribution >= 0.6 is 0 Å². The number of pyridine rings is 1. The fourth-order valence-electron chi connectivity index (χ4n) is 2.77. The Morgan fingerprint density at radius 1 is 1.05 bits per heavy atom. The summed E-state index contributed by atoms with van der Waals surface area (Å²) in [5, 5.41) is 0. The van der Waals surface area contributed by atoms with E-state index < -0.39 is 0 Å². The predicted octanol–water partition coefficient (Wildman–Crippen LogP) is 3.50. The maximum Gasteiger partial charge on any atom is 0.140 e. The van der Waals surface area contributed by atoms with Gasteiger partial charge in [0.15, 0.2) is 0 Å². The topological polar surface area (TPSA) is 35.1 Å². The zero-order chi connectivity index (χ0) is 14.6. The lowest BCUT2D eigenvalue weighted by molar-refractivity contribution is 0.886. The molecule has 3 aromatic heterocycles. The second kappa shape index (κ2) is 4.19. The molecule has 21 heavy (non-hydrogen) atoms. The summed E-state index contributed by atoms with van der Waals surface area (Å²) in [6, 6.07) is 10.5. The molecule has 1 aromatic carbocycles. The molecule has 0 amide bonds. The van der Waals surface area contributed by atoms with Gasteiger partial charge < -0.3 is 8.97 Å². The van der Waals surface area contributed by atoms with Crippen molar-refractivity contribution in [2.75, 3.05) is 0 Å². The number of nitrogens with zero attached hydrogens (tertiary/aromatic N) is 4. The fraction of sp³-hybridized carbons (Fsp3) is 0.176. The molecule has 4 aromatic rings. The van der Waals surface area contributed by atoms with Crippen molar-refractivity contribution in [1.29, 1.82) is 0 Å². The molecule has 0 unspecified atom stereocenters. The van der Waals surface area contributed by atoms with E-state index in [1.165, 1.54) is 5.56 Å². The molecule has 4 rings (SSSR count). The van der Waals surface area contributed by atoms with Crippen LogP contribution in [0.2, 0.25) is 0 Å². The van der Waals surface area contributed by atoms with Gasteiger partial charge in [0.1, 0.15) is 11.5 Å². The molecule has 0 aliphatic heterocycles. The molecule has 0 saturated heterocycles. The number of hydrogen-bond acceptors (Lipinski definition) is 2. The van der Waals surface area contributed by atoms with Crippen LogP contribution < -0.4 is 0 Å². The van der Waals surface area contributed by atoms with E-state index in [0.29, 0.717) is 0 Å². The average molecular weight is 276 g/mol. The summed E-state index contributed by atoms with van der Waals surface area (Å²) in [5.74, 6) is 1.02. The van der Waals surface area contributed by atoms with E-state index in [-0.39, 0.29) is 0 Å². The standard InChI is InChI=1S/C17H16N4/c1-11-5-4-8-21-10-15(19-17(11)21)13-6-7-16-14(9-13)18-12(2)20(16)3/h4-10H,1-3H3. The van der Waals surface area contributed by atoms with Gasteiger partial charge in [0.2, 0.25) is 0 Å². The van der Waals surface area contributed by atoms with E-state index in [1.807, 2.05) is 26.2 Å². The maximum absolute atomic E-state index is 4.75. The van der Waals surface area contributed by atoms with E-state index >= 15 is 0 Å². The van der Waals surface area contributed by atoms with Gasteiger partial charge in [-0.25, -0.2) is 9.97 Å². The third kappa shape index (κ3) is 1.76. The second-order valence-corrected chi connectivity index (χ2v) is 5.47. The van der Waals surface area contributed by atoms with Crippen molar-refractivity contribution >= 4 is 16.7 Å². The number of imidazole rings is 2. The minimum atomic E-state index is 0.981. The van der Waals surface area contributed by atoms with Gasteiger partial charge >= 0.3 is 0 Å². The first-order chi connectivity index (χ1) is 10.1. The smallest absolute Gasteiger partial charge is 0.140 e. The number of aromatic nitrogens is 4. The summed E-state index contributed by atoms with van der Waals surface area (Å²) in [6.07, 6.45) is 4.10. The Balaban J connectivity index is 1.93. The Kier molecular flexibility index (Phi) is 2.42. The highest BCUT2D eigenvalue weighted by atomic mass is 15.0. The fourth-order valence-corrected chi connectivity index (χ4v) is 2.77. The third-order valence-electron chi connectivity index (χ3n) is 4.08. The number of rotatable bonds is 1. The van der Waals surface area contributed by atoms with Gasteiger partial charge in [0, 0.05) is 25.0 Å². The number of fused-ring (bicyclic) bond motifs is 2. The summed E-state index contributed by atoms with van der Waals surface area (Å²) < 4.78 is 4.17. The van der Waals surface area contributed by atoms with Gasteiger partial charge in [-0.05, 0) is 37.6 Å². The molecule has 0 aliphatic carbocycles. The second-order valence-electron chi connectivity index (χ2n) is 5.47. The lowest BCUT2D eigenvalue weighted by Gasteiger charge is -1.98. The zero-order valence-corrected chi connectivity index (χ0v) is 12.3. The van der Waals surface area contributed by atoms with Gasteiger partial charge in [0.05, 0.1) is 16.7 Å². The lowest BCUT2D eigenvalue weighted by Crippen LogP contribution is -1.89. The van der Waals surface area contributed by atoms with Crippen molar-refractivity contribution in [3.05, 3.63) is 54.1 Å². The molecule has 0 saturated carbocycles. The van der Waals surface area contributed by atoms with Gasteiger partial charge in [-0.15, -0.1) is 0 Å². The van der Waals surface area contributed by atoms with Crippen LogP contribution in [0.5, 0.6) is 0 Å². The first-order valence-electron chi connectivity index (χ1n) is 7.01. The average Bonchev–Trinajstić information content (AvgIpc) is 3.02. The molecule has 0 spiro atoms. The van der Waals surface area contributed by atoms with Gasteiger partial charge in [-0.2, -0.15) is 0 Å². The van der Waals surface area contributed by atoms with Crippen LogP contribution in [-0.4, -0.2) is 18.9 Å². The normalized spacial score (nSPS) is 11.6. The van der Waals surface area contributed by atoms with Gasteiger partial charge in [0.25, 0.3) is 0 Å². The first kappa shape index (κ1) is 12.1. The molecule has 0 bridgehead atoms. The number of benzene rings is 1. The molecule has 0 aliphatic rings. The summed E-state index contributed by atoms with van der Waals surface area (Å²) in [6.45, 7) is 4.10. The Hall–Kier alpha value is -2.62. The van der Waals surface area contributed by atoms with Crippen LogP contribution in [0.15, 0.2) is 42.7 Å². The molecule has 4 nitrogen and oxygen atoms in total. The molecular weight excluding hydrogens is 260 g/mol. The lowest BCUT2D eigenvalue weighted by atomic mass is 10.1. The van der Waals surface area contributed by atoms with Crippen molar-refractivity contribution in [1.82, 2.24) is 18.9 Å². The van der Waals surface area contributed by atoms with Crippen molar-refractivity contribution < 1.29 is 0 Å². The predicted molar refractivity (Wildman–Crippen MR) is 84.4 cm³/mol. The van der Waals surface area contributed by atoms with Crippen molar-refractivity contribution in [3.63, 3.8) is 0 Å². The van der Waals surface area contributed by atoms with E-state index in [4.69, 9.17) is 4.98 Å². The third-order valence-corrected chi connectivity index (χ3v) is 4.08. The molecule has 3 heterocycles. The Morgan fingerprint density at radius 3 is 2.71 bits per heavy atom. The van der Waals surface area contributed by atoms with E-state index in [0.717, 1.165) is 33.8 Å². The zero-order valence-electron chi connectivity index (χ0n) is 12.3. The highest BCUT2D eigenvalue weighted by molar-refractivity contribution is 5.82. The van der Waals surface area contributed by atoms with Gasteiger partial charge in [-0.1, -0.05) is 12.1 Å². The summed E-state index contributed by atoms with van der Waals surface area (Å²) in [7, 11) is 2.04. The van der Waals surface area contributed by atoms with Crippen molar-refractivity contribution in [2.24, 2.45) is 7.05 Å². The summed E-state index contributed by atoms with van der Waals surface area (Å²) in [5.41, 5.74) is 6.43. The molecule has 4 heteroatoms. The van der Waals surface area contributed by atoms with Crippen LogP contribution in [0.3, 0.4) is 0 Å². The summed E-state index contributed by atoms with van der Waals surface area (Å²) in [4.78, 5) is 9.35. The van der Waals surface area contributed by atoms with Crippen molar-refractivity contribution in [3.8, 4) is 11.3 Å². The number of hydrogen-bond donors (Lipinski definition) is 0. The number of aryl methyl sites for hydroxylation is 3.